The topological polar surface area (TPSA) is 46.2 Å². The Morgan fingerprint density at radius 1 is 1.31 bits per heavy atom. The van der Waals surface area contributed by atoms with Crippen LogP contribution in [-0.4, -0.2) is 16.9 Å². The first-order valence-corrected chi connectivity index (χ1v) is 5.82. The highest BCUT2D eigenvalue weighted by Gasteiger charge is 2.07. The Balaban J connectivity index is 2.36. The first-order chi connectivity index (χ1) is 7.72. The lowest BCUT2D eigenvalue weighted by Gasteiger charge is -2.02. The number of thioether (sulfide) groups is 1. The Bertz CT molecular complexity index is 376. The Hall–Kier alpha value is -1.55. The predicted octanol–water partition coefficient (Wildman–Crippen LogP) is 2.38. The third-order valence-electron chi connectivity index (χ3n) is 1.78. The number of carbonyl (C=O) groups excluding carboxylic acids is 2. The fraction of sp³-hybridized carbons (Fsp3) is 0.167. The van der Waals surface area contributed by atoms with Gasteiger partial charge >= 0.3 is 0 Å². The van der Waals surface area contributed by atoms with Crippen LogP contribution in [0, 0.1) is 0 Å². The fourth-order valence-electron chi connectivity index (χ4n) is 1.11. The van der Waals surface area contributed by atoms with Crippen molar-refractivity contribution in [3.63, 3.8) is 0 Å². The molecule has 0 bridgehead atoms. The summed E-state index contributed by atoms with van der Waals surface area (Å²) in [5, 5.41) is 1.97. The highest BCUT2D eigenvalue weighted by Crippen LogP contribution is 2.03. The Morgan fingerprint density at radius 2 is 2.00 bits per heavy atom. The van der Waals surface area contributed by atoms with Gasteiger partial charge in [-0.1, -0.05) is 48.2 Å². The van der Waals surface area contributed by atoms with Crippen molar-refractivity contribution in [3.05, 3.63) is 48.6 Å². The van der Waals surface area contributed by atoms with Crippen molar-refractivity contribution in [1.29, 1.82) is 0 Å². The second kappa shape index (κ2) is 6.85. The van der Waals surface area contributed by atoms with Crippen molar-refractivity contribution in [2.45, 2.75) is 6.42 Å². The minimum absolute atomic E-state index is 0.223. The minimum Gasteiger partial charge on any atom is -0.287 e. The molecule has 1 rings (SSSR count). The van der Waals surface area contributed by atoms with Crippen molar-refractivity contribution in [1.82, 2.24) is 5.32 Å². The average molecular weight is 235 g/mol. The molecule has 0 fully saturated rings. The molecule has 16 heavy (non-hydrogen) atoms. The predicted molar refractivity (Wildman–Crippen MR) is 66.3 cm³/mol. The van der Waals surface area contributed by atoms with Crippen LogP contribution >= 0.6 is 11.8 Å². The smallest absolute Gasteiger partial charge is 0.285 e. The van der Waals surface area contributed by atoms with E-state index in [1.54, 1.807) is 6.08 Å². The van der Waals surface area contributed by atoms with Gasteiger partial charge in [0.2, 0.25) is 5.91 Å². The third-order valence-corrected chi connectivity index (χ3v) is 2.55. The van der Waals surface area contributed by atoms with E-state index in [1.165, 1.54) is 0 Å². The maximum Gasteiger partial charge on any atom is 0.285 e. The molecule has 1 aromatic carbocycles. The normalized spacial score (nSPS) is 9.50. The van der Waals surface area contributed by atoms with Gasteiger partial charge in [0.15, 0.2) is 0 Å². The molecule has 0 saturated heterocycles. The van der Waals surface area contributed by atoms with E-state index in [0.717, 1.165) is 17.3 Å². The summed E-state index contributed by atoms with van der Waals surface area (Å²) in [6, 6.07) is 9.29. The van der Waals surface area contributed by atoms with E-state index in [0.29, 0.717) is 5.75 Å². The summed E-state index contributed by atoms with van der Waals surface area (Å²) in [5.74, 6) is 0.220. The van der Waals surface area contributed by atoms with Gasteiger partial charge in [-0.15, -0.1) is 6.58 Å². The molecule has 3 nitrogen and oxygen atoms in total. The Kier molecular flexibility index (Phi) is 5.36. The number of hydrogen-bond acceptors (Lipinski definition) is 3. The minimum atomic E-state index is -0.333. The molecule has 0 spiro atoms. The lowest BCUT2D eigenvalue weighted by molar-refractivity contribution is -0.119. The van der Waals surface area contributed by atoms with E-state index in [9.17, 15) is 9.59 Å². The largest absolute Gasteiger partial charge is 0.287 e. The summed E-state index contributed by atoms with van der Waals surface area (Å²) in [6.45, 7) is 3.49. The molecule has 0 atom stereocenters. The molecule has 0 saturated carbocycles. The Morgan fingerprint density at radius 3 is 2.62 bits per heavy atom. The molecule has 2 amide bonds. The molecule has 1 N–H and O–H groups in total. The molecule has 4 heteroatoms. The van der Waals surface area contributed by atoms with E-state index >= 15 is 0 Å². The zero-order valence-electron chi connectivity index (χ0n) is 8.81. The van der Waals surface area contributed by atoms with Gasteiger partial charge in [0.25, 0.3) is 5.24 Å². The molecule has 0 radical (unpaired) electrons. The maximum absolute atomic E-state index is 11.4. The van der Waals surface area contributed by atoms with Gasteiger partial charge in [-0.3, -0.25) is 14.9 Å². The first kappa shape index (κ1) is 12.5. The van der Waals surface area contributed by atoms with Gasteiger partial charge in [0.1, 0.15) is 0 Å². The number of rotatable bonds is 4. The highest BCUT2D eigenvalue weighted by molar-refractivity contribution is 8.13. The summed E-state index contributed by atoms with van der Waals surface area (Å²) < 4.78 is 0. The van der Waals surface area contributed by atoms with E-state index < -0.39 is 0 Å². The van der Waals surface area contributed by atoms with Crippen molar-refractivity contribution in [3.8, 4) is 0 Å². The standard InChI is InChI=1S/C12H13NO2S/c1-2-8-16-12(15)13-11(14)9-10-6-4-3-5-7-10/h2-7H,1,8-9H2,(H,13,14,15). The van der Waals surface area contributed by atoms with Gasteiger partial charge in [0, 0.05) is 5.75 Å². The first-order valence-electron chi connectivity index (χ1n) is 4.84. The van der Waals surface area contributed by atoms with Crippen LogP contribution in [0.2, 0.25) is 0 Å². The van der Waals surface area contributed by atoms with Crippen LogP contribution in [0.3, 0.4) is 0 Å². The van der Waals surface area contributed by atoms with Crippen molar-refractivity contribution < 1.29 is 9.59 Å². The molecular weight excluding hydrogens is 222 g/mol. The van der Waals surface area contributed by atoms with Crippen LogP contribution < -0.4 is 5.32 Å². The second-order valence-electron chi connectivity index (χ2n) is 3.10. The number of imide groups is 1. The fourth-order valence-corrected chi connectivity index (χ4v) is 1.57. The van der Waals surface area contributed by atoms with Crippen LogP contribution in [0.1, 0.15) is 5.56 Å². The number of carbonyl (C=O) groups is 2. The lowest BCUT2D eigenvalue weighted by atomic mass is 10.1. The summed E-state index contributed by atoms with van der Waals surface area (Å²) in [4.78, 5) is 22.6. The summed E-state index contributed by atoms with van der Waals surface area (Å²) in [5.41, 5.74) is 0.890. The average Bonchev–Trinajstić information content (AvgIpc) is 2.27. The van der Waals surface area contributed by atoms with E-state index in [-0.39, 0.29) is 17.6 Å². The second-order valence-corrected chi connectivity index (χ2v) is 4.09. The van der Waals surface area contributed by atoms with Gasteiger partial charge in [-0.05, 0) is 5.56 Å². The summed E-state index contributed by atoms with van der Waals surface area (Å²) >= 11 is 1.03. The quantitative estimate of drug-likeness (QED) is 0.815. The lowest BCUT2D eigenvalue weighted by Crippen LogP contribution is -2.28. The van der Waals surface area contributed by atoms with Gasteiger partial charge < -0.3 is 0 Å². The van der Waals surface area contributed by atoms with Gasteiger partial charge in [0.05, 0.1) is 6.42 Å². The summed E-state index contributed by atoms with van der Waals surface area (Å²) in [6.07, 6.45) is 1.84. The van der Waals surface area contributed by atoms with Crippen molar-refractivity contribution in [2.75, 3.05) is 5.75 Å². The third kappa shape index (κ3) is 4.79. The zero-order valence-corrected chi connectivity index (χ0v) is 9.63. The molecular formula is C12H13NO2S. The van der Waals surface area contributed by atoms with E-state index in [4.69, 9.17) is 0 Å². The number of nitrogens with one attached hydrogen (secondary N) is 1. The zero-order chi connectivity index (χ0) is 11.8. The van der Waals surface area contributed by atoms with Crippen LogP contribution in [0.5, 0.6) is 0 Å². The van der Waals surface area contributed by atoms with Crippen molar-refractivity contribution >= 4 is 22.9 Å². The number of benzene rings is 1. The highest BCUT2D eigenvalue weighted by atomic mass is 32.2. The molecule has 0 aliphatic heterocycles. The molecule has 84 valence electrons. The van der Waals surface area contributed by atoms with Crippen LogP contribution in [0.4, 0.5) is 4.79 Å². The molecule has 1 aromatic rings. The van der Waals surface area contributed by atoms with Crippen LogP contribution in [-0.2, 0) is 11.2 Å². The molecule has 0 aliphatic rings. The SMILES string of the molecule is C=CCSC(=O)NC(=O)Cc1ccccc1. The Labute approximate surface area is 98.9 Å². The van der Waals surface area contributed by atoms with E-state index in [1.807, 2.05) is 30.3 Å². The van der Waals surface area contributed by atoms with Gasteiger partial charge in [-0.2, -0.15) is 0 Å². The van der Waals surface area contributed by atoms with Crippen LogP contribution in [0.25, 0.3) is 0 Å². The number of hydrogen-bond donors (Lipinski definition) is 1. The molecule has 0 unspecified atom stereocenters. The molecule has 0 heterocycles. The van der Waals surface area contributed by atoms with Gasteiger partial charge in [-0.25, -0.2) is 0 Å². The molecule has 0 aromatic heterocycles. The number of amides is 2. The maximum atomic E-state index is 11.4. The monoisotopic (exact) mass is 235 g/mol. The summed E-state index contributed by atoms with van der Waals surface area (Å²) in [7, 11) is 0. The molecule has 0 aliphatic carbocycles. The van der Waals surface area contributed by atoms with Crippen molar-refractivity contribution in [2.24, 2.45) is 0 Å². The van der Waals surface area contributed by atoms with Crippen LogP contribution in [0.15, 0.2) is 43.0 Å². The van der Waals surface area contributed by atoms with E-state index in [2.05, 4.69) is 11.9 Å².